The van der Waals surface area contributed by atoms with Crippen molar-refractivity contribution in [2.45, 2.75) is 57.8 Å². The van der Waals surface area contributed by atoms with Crippen molar-refractivity contribution in [2.24, 2.45) is 5.73 Å². The Morgan fingerprint density at radius 3 is 1.63 bits per heavy atom. The van der Waals surface area contributed by atoms with Gasteiger partial charge in [0.15, 0.2) is 0 Å². The Morgan fingerprint density at radius 2 is 1.07 bits per heavy atom. The third-order valence-electron chi connectivity index (χ3n) is 5.32. The van der Waals surface area contributed by atoms with Gasteiger partial charge in [-0.15, -0.1) is 0 Å². The maximum absolute atomic E-state index is 6.29. The molecule has 144 valence electrons. The lowest BCUT2D eigenvalue weighted by Gasteiger charge is -2.13. The van der Waals surface area contributed by atoms with Crippen molar-refractivity contribution in [2.75, 3.05) is 13.2 Å². The molecule has 0 heterocycles. The first-order valence-corrected chi connectivity index (χ1v) is 10.6. The van der Waals surface area contributed by atoms with Crippen molar-refractivity contribution in [3.63, 3.8) is 0 Å². The van der Waals surface area contributed by atoms with E-state index in [9.17, 15) is 0 Å². The predicted molar refractivity (Wildman–Crippen MR) is 118 cm³/mol. The van der Waals surface area contributed by atoms with Gasteiger partial charge in [-0.25, -0.2) is 0 Å². The van der Waals surface area contributed by atoms with Crippen LogP contribution < -0.4 is 10.5 Å². The summed E-state index contributed by atoms with van der Waals surface area (Å²) in [5, 5.41) is 4.93. The molecule has 3 rings (SSSR count). The van der Waals surface area contributed by atoms with Gasteiger partial charge in [0, 0.05) is 10.8 Å². The number of ether oxygens (including phenoxy) is 1. The molecule has 3 aromatic rings. The van der Waals surface area contributed by atoms with E-state index in [2.05, 4.69) is 54.6 Å². The van der Waals surface area contributed by atoms with E-state index in [1.54, 1.807) is 0 Å². The largest absolute Gasteiger partial charge is 0.492 e. The van der Waals surface area contributed by atoms with Gasteiger partial charge < -0.3 is 10.5 Å². The fourth-order valence-electron chi connectivity index (χ4n) is 3.79. The van der Waals surface area contributed by atoms with Crippen molar-refractivity contribution in [1.29, 1.82) is 0 Å². The Morgan fingerprint density at radius 1 is 0.593 bits per heavy atom. The molecule has 0 aliphatic rings. The number of fused-ring (bicyclic) bond motifs is 2. The van der Waals surface area contributed by atoms with Crippen LogP contribution in [0.25, 0.3) is 21.5 Å². The lowest BCUT2D eigenvalue weighted by molar-refractivity contribution is 0.311. The molecular formula is C25H33NO. The van der Waals surface area contributed by atoms with Gasteiger partial charge in [-0.3, -0.25) is 0 Å². The van der Waals surface area contributed by atoms with Crippen LogP contribution in [-0.4, -0.2) is 13.2 Å². The molecule has 0 fully saturated rings. The SMILES string of the molecule is NCCCCCCCCCCCOc1c2ccccc2cc2ccccc12. The number of hydrogen-bond acceptors (Lipinski definition) is 2. The summed E-state index contributed by atoms with van der Waals surface area (Å²) in [6.45, 7) is 1.64. The number of nitrogens with two attached hydrogens (primary N) is 1. The molecule has 0 bridgehead atoms. The first-order valence-electron chi connectivity index (χ1n) is 10.6. The first kappa shape index (κ1) is 19.7. The Hall–Kier alpha value is -2.06. The van der Waals surface area contributed by atoms with E-state index in [0.29, 0.717) is 0 Å². The van der Waals surface area contributed by atoms with E-state index < -0.39 is 0 Å². The van der Waals surface area contributed by atoms with Gasteiger partial charge in [-0.1, -0.05) is 93.5 Å². The minimum atomic E-state index is 0.800. The smallest absolute Gasteiger partial charge is 0.134 e. The number of benzene rings is 3. The van der Waals surface area contributed by atoms with Gasteiger partial charge in [0.25, 0.3) is 0 Å². The molecule has 0 radical (unpaired) electrons. The molecule has 3 aromatic carbocycles. The third-order valence-corrected chi connectivity index (χ3v) is 5.32. The summed E-state index contributed by atoms with van der Waals surface area (Å²) >= 11 is 0. The van der Waals surface area contributed by atoms with Gasteiger partial charge in [0.2, 0.25) is 0 Å². The topological polar surface area (TPSA) is 35.2 Å². The zero-order valence-electron chi connectivity index (χ0n) is 16.5. The van der Waals surface area contributed by atoms with Crippen molar-refractivity contribution >= 4 is 21.5 Å². The molecule has 2 nitrogen and oxygen atoms in total. The average Bonchev–Trinajstić information content (AvgIpc) is 2.71. The van der Waals surface area contributed by atoms with Crippen LogP contribution in [-0.2, 0) is 0 Å². The monoisotopic (exact) mass is 363 g/mol. The molecule has 0 aliphatic carbocycles. The zero-order valence-corrected chi connectivity index (χ0v) is 16.5. The summed E-state index contributed by atoms with van der Waals surface area (Å²) in [6, 6.07) is 19.3. The van der Waals surface area contributed by atoms with Crippen LogP contribution in [0, 0.1) is 0 Å². The van der Waals surface area contributed by atoms with Gasteiger partial charge >= 0.3 is 0 Å². The first-order chi connectivity index (χ1) is 13.4. The zero-order chi connectivity index (χ0) is 18.7. The van der Waals surface area contributed by atoms with Crippen LogP contribution in [0.15, 0.2) is 54.6 Å². The fraction of sp³-hybridized carbons (Fsp3) is 0.440. The van der Waals surface area contributed by atoms with Crippen LogP contribution in [0.3, 0.4) is 0 Å². The summed E-state index contributed by atoms with van der Waals surface area (Å²) in [4.78, 5) is 0. The standard InChI is InChI=1S/C25H33NO/c26-18-12-6-4-2-1-3-5-7-13-19-27-25-23-16-10-8-14-21(23)20-22-15-9-11-17-24(22)25/h8-11,14-17,20H,1-7,12-13,18-19,26H2. The molecular weight excluding hydrogens is 330 g/mol. The van der Waals surface area contributed by atoms with Crippen molar-refractivity contribution < 1.29 is 4.74 Å². The number of unbranched alkanes of at least 4 members (excludes halogenated alkanes) is 8. The summed E-state index contributed by atoms with van der Waals surface area (Å²) in [5.74, 6) is 1.05. The second kappa shape index (κ2) is 10.9. The van der Waals surface area contributed by atoms with Crippen LogP contribution in [0.1, 0.15) is 57.8 Å². The molecule has 0 spiro atoms. The predicted octanol–water partition coefficient (Wildman–Crippen LogP) is 6.84. The van der Waals surface area contributed by atoms with Gasteiger partial charge in [-0.05, 0) is 36.2 Å². The molecule has 2 N–H and O–H groups in total. The third kappa shape index (κ3) is 5.71. The maximum Gasteiger partial charge on any atom is 0.134 e. The van der Waals surface area contributed by atoms with Crippen molar-refractivity contribution in [1.82, 2.24) is 0 Å². The molecule has 27 heavy (non-hydrogen) atoms. The Kier molecular flexibility index (Phi) is 7.98. The van der Waals surface area contributed by atoms with E-state index in [4.69, 9.17) is 10.5 Å². The summed E-state index contributed by atoms with van der Waals surface area (Å²) in [7, 11) is 0. The number of hydrogen-bond donors (Lipinski definition) is 1. The van der Waals surface area contributed by atoms with Gasteiger partial charge in [-0.2, -0.15) is 0 Å². The van der Waals surface area contributed by atoms with Gasteiger partial charge in [0.1, 0.15) is 5.75 Å². The quantitative estimate of drug-likeness (QED) is 0.282. The van der Waals surface area contributed by atoms with Gasteiger partial charge in [0.05, 0.1) is 6.61 Å². The van der Waals surface area contributed by atoms with E-state index >= 15 is 0 Å². The highest BCUT2D eigenvalue weighted by Gasteiger charge is 2.08. The molecule has 0 aromatic heterocycles. The maximum atomic E-state index is 6.29. The molecule has 0 atom stereocenters. The molecule has 0 aliphatic heterocycles. The molecule has 0 saturated carbocycles. The fourth-order valence-corrected chi connectivity index (χ4v) is 3.79. The second-order valence-corrected chi connectivity index (χ2v) is 7.47. The van der Waals surface area contributed by atoms with Crippen molar-refractivity contribution in [3.05, 3.63) is 54.6 Å². The lowest BCUT2D eigenvalue weighted by atomic mass is 10.0. The summed E-state index contributed by atoms with van der Waals surface area (Å²) < 4.78 is 6.29. The van der Waals surface area contributed by atoms with Crippen molar-refractivity contribution in [3.8, 4) is 5.75 Å². The van der Waals surface area contributed by atoms with Crippen LogP contribution >= 0.6 is 0 Å². The van der Waals surface area contributed by atoms with E-state index in [1.165, 1.54) is 72.9 Å². The van der Waals surface area contributed by atoms with E-state index in [0.717, 1.165) is 25.3 Å². The Labute approximate surface area is 163 Å². The highest BCUT2D eigenvalue weighted by molar-refractivity contribution is 6.05. The summed E-state index contributed by atoms with van der Waals surface area (Å²) in [5.41, 5.74) is 5.53. The van der Waals surface area contributed by atoms with E-state index in [-0.39, 0.29) is 0 Å². The molecule has 0 amide bonds. The second-order valence-electron chi connectivity index (χ2n) is 7.47. The normalized spacial score (nSPS) is 11.3. The average molecular weight is 364 g/mol. The molecule has 2 heteroatoms. The van der Waals surface area contributed by atoms with Crippen LogP contribution in [0.5, 0.6) is 5.75 Å². The lowest BCUT2D eigenvalue weighted by Crippen LogP contribution is -1.99. The highest BCUT2D eigenvalue weighted by Crippen LogP contribution is 2.34. The minimum absolute atomic E-state index is 0.800. The van der Waals surface area contributed by atoms with E-state index in [1.807, 2.05) is 0 Å². The summed E-state index contributed by atoms with van der Waals surface area (Å²) in [6.07, 6.45) is 11.6. The molecule has 0 saturated heterocycles. The Bertz CT molecular complexity index is 773. The number of rotatable bonds is 12. The molecule has 0 unspecified atom stereocenters. The minimum Gasteiger partial charge on any atom is -0.492 e. The van der Waals surface area contributed by atoms with Crippen LogP contribution in [0.4, 0.5) is 0 Å². The highest BCUT2D eigenvalue weighted by atomic mass is 16.5. The Balaban J connectivity index is 1.46. The van der Waals surface area contributed by atoms with Crippen LogP contribution in [0.2, 0.25) is 0 Å².